The third-order valence-electron chi connectivity index (χ3n) is 19.8. The number of aliphatic hydroxyl groups excluding tert-OH is 2. The molecule has 12 rings (SSSR count). The smallest absolute Gasteiger partial charge is 0.349 e. The highest BCUT2D eigenvalue weighted by Gasteiger charge is 2.75. The molecular weight excluding hydrogens is 1170 g/mol. The van der Waals surface area contributed by atoms with Gasteiger partial charge in [0.1, 0.15) is 47.5 Å². The number of amides is 1. The van der Waals surface area contributed by atoms with Crippen LogP contribution in [0, 0.1) is 28.6 Å². The highest BCUT2D eigenvalue weighted by atomic mass is 35.5. The van der Waals surface area contributed by atoms with Gasteiger partial charge < -0.3 is 59.6 Å². The van der Waals surface area contributed by atoms with Gasteiger partial charge in [0.15, 0.2) is 18.2 Å². The van der Waals surface area contributed by atoms with Crippen LogP contribution < -0.4 is 25.2 Å². The van der Waals surface area contributed by atoms with Crippen molar-refractivity contribution in [2.75, 3.05) is 45.6 Å². The predicted molar refractivity (Wildman–Crippen MR) is 318 cm³/mol. The number of alkyl halides is 2. The number of ether oxygens (including phenoxy) is 4. The normalized spacial score (nSPS) is 33.4. The van der Waals surface area contributed by atoms with Crippen molar-refractivity contribution in [3.05, 3.63) is 116 Å². The number of halogens is 3. The summed E-state index contributed by atoms with van der Waals surface area (Å²) >= 11 is 15.9. The summed E-state index contributed by atoms with van der Waals surface area (Å²) in [6.07, 6.45) is 8.31. The fourth-order valence-corrected chi connectivity index (χ4v) is 17.8. The van der Waals surface area contributed by atoms with Crippen LogP contribution in [0.15, 0.2) is 95.2 Å². The Morgan fingerprint density at radius 3 is 2.23 bits per heavy atom. The van der Waals surface area contributed by atoms with E-state index >= 15 is 0 Å². The van der Waals surface area contributed by atoms with E-state index in [-0.39, 0.29) is 90.5 Å². The molecule has 2 aromatic carbocycles. The zero-order valence-electron chi connectivity index (χ0n) is 47.9. The molecule has 4 aromatic rings. The molecule has 450 valence electrons. The Bertz CT molecular complexity index is 3090. The lowest BCUT2D eigenvalue weighted by Gasteiger charge is -2.63. The highest BCUT2D eigenvalue weighted by Crippen LogP contribution is 2.71. The van der Waals surface area contributed by atoms with Crippen LogP contribution in [0.3, 0.4) is 0 Å². The molecule has 0 spiro atoms. The predicted octanol–water partition coefficient (Wildman–Crippen LogP) is 7.92. The lowest BCUT2D eigenvalue weighted by atomic mass is 9.45. The van der Waals surface area contributed by atoms with Gasteiger partial charge in [-0.1, -0.05) is 62.8 Å². The molecule has 6 fully saturated rings. The standard InChI is InChI=1S/C22H28Cl2O4.C21H26N2O5.C19H22NO4S2.ClH/c1-12-8-16-15-5-4-13-9-14(25)6-7-19(13,2)21(15,24)17(26)10-20(16,3)22(12,28)18(27)11-23;1-21(2,10-13-4-6-15(27-3)7-5-13)22-11-18(25)16-8-14(24)9-17-20(16)28-12-19(26)23-17;1-20(2)12-9-11(10-13(20)17-16(12)24-17)23-18(21)19(22,14-5-3-7-25-14)15-6-4-8-26-15;/h6-7,9,12,15-17,26,28H,4-5,8,10-11H2,1-3H3;4-9,18,22,24-25H,10-12H2,1-3H3,(H,23,26);3-8,11-13,16-17,22H,9-10H2,1-2H3;1H/q;;+1;/p-1/t12-,15+,16+,17+,19+,20+,21+,22+;18-;11?,12-,13+,16-,17+;/m10../s1. The second kappa shape index (κ2) is 23.4. The summed E-state index contributed by atoms with van der Waals surface area (Å²) in [7, 11) is 6.12. The van der Waals surface area contributed by atoms with Gasteiger partial charge in [-0.15, -0.1) is 64.0 Å². The van der Waals surface area contributed by atoms with Gasteiger partial charge >= 0.3 is 5.97 Å². The van der Waals surface area contributed by atoms with E-state index < -0.39 is 45.1 Å². The molecule has 6 N–H and O–H groups in total. The minimum Gasteiger partial charge on any atom is -0.872 e. The van der Waals surface area contributed by atoms with Crippen molar-refractivity contribution in [1.82, 2.24) is 5.32 Å². The van der Waals surface area contributed by atoms with Gasteiger partial charge in [0, 0.05) is 41.3 Å². The number of rotatable bonds is 13. The number of morpholine rings is 1. The zero-order chi connectivity index (χ0) is 59.1. The number of β-amino-alcohol motifs (C(OH)–C–C–N with tert-alkyl or cyclic N) is 1. The van der Waals surface area contributed by atoms with Gasteiger partial charge in [0.05, 0.1) is 59.6 Å². The van der Waals surface area contributed by atoms with Gasteiger partial charge in [0.2, 0.25) is 5.60 Å². The molecule has 16 nitrogen and oxygen atoms in total. The molecule has 8 aliphatic rings. The number of nitrogens with one attached hydrogen (secondary N) is 2. The average Bonchev–Trinajstić information content (AvgIpc) is 1.80. The maximum Gasteiger partial charge on any atom is 0.349 e. The summed E-state index contributed by atoms with van der Waals surface area (Å²) in [5.74, 6) is -1.03. The molecule has 14 atom stereocenters. The summed E-state index contributed by atoms with van der Waals surface area (Å²) in [6.45, 7) is 9.99. The number of thiophene rings is 2. The molecule has 2 bridgehead atoms. The number of piperidine rings is 1. The van der Waals surface area contributed by atoms with Gasteiger partial charge in [0.25, 0.3) is 5.91 Å². The molecule has 6 heterocycles. The van der Waals surface area contributed by atoms with Crippen molar-refractivity contribution >= 4 is 87.4 Å². The number of hydrogen-bond acceptors (Lipinski definition) is 16. The van der Waals surface area contributed by atoms with E-state index in [1.807, 2.05) is 87.9 Å². The van der Waals surface area contributed by atoms with E-state index in [2.05, 4.69) is 24.7 Å². The van der Waals surface area contributed by atoms with Gasteiger partial charge in [-0.2, -0.15) is 0 Å². The second-order valence-corrected chi connectivity index (χ2v) is 28.0. The molecule has 3 saturated carbocycles. The lowest BCUT2D eigenvalue weighted by molar-refractivity contribution is -0.938. The number of allylic oxidation sites excluding steroid dienone is 4. The first-order chi connectivity index (χ1) is 38.7. The molecule has 2 aromatic heterocycles. The molecule has 1 unspecified atom stereocenters. The number of fused-ring (bicyclic) bond motifs is 11. The number of quaternary nitrogens is 1. The van der Waals surface area contributed by atoms with E-state index in [4.69, 9.17) is 42.1 Å². The van der Waals surface area contributed by atoms with E-state index in [9.17, 15) is 44.7 Å². The molecule has 21 heteroatoms. The van der Waals surface area contributed by atoms with Crippen LogP contribution in [0.2, 0.25) is 0 Å². The van der Waals surface area contributed by atoms with Crippen LogP contribution in [-0.4, -0.2) is 141 Å². The van der Waals surface area contributed by atoms with Crippen LogP contribution in [0.1, 0.15) is 100 Å². The minimum absolute atomic E-state index is 0. The summed E-state index contributed by atoms with van der Waals surface area (Å²) in [5.41, 5.74) is -2.22. The number of Topliss-reactive ketones (excluding diaryl/α,β-unsaturated/α-hetero) is 1. The highest BCUT2D eigenvalue weighted by molar-refractivity contribution is 7.12. The lowest BCUT2D eigenvalue weighted by Crippen LogP contribution is -2.68. The Hall–Kier alpha value is -4.41. The van der Waals surface area contributed by atoms with Gasteiger partial charge in [-0.05, 0) is 123 Å². The molecule has 3 saturated heterocycles. The van der Waals surface area contributed by atoms with Crippen molar-refractivity contribution in [2.45, 2.75) is 144 Å². The summed E-state index contributed by atoms with van der Waals surface area (Å²) < 4.78 is 23.3. The van der Waals surface area contributed by atoms with Crippen LogP contribution >= 0.6 is 58.3 Å². The van der Waals surface area contributed by atoms with Crippen molar-refractivity contribution in [3.8, 4) is 17.2 Å². The number of carbonyl (C=O) groups is 4. The van der Waals surface area contributed by atoms with Gasteiger partial charge in [-0.3, -0.25) is 14.4 Å². The minimum atomic E-state index is -1.72. The molecule has 0 radical (unpaired) electrons. The monoisotopic (exact) mass is 1240 g/mol. The van der Waals surface area contributed by atoms with Crippen molar-refractivity contribution in [1.29, 1.82) is 0 Å². The number of benzene rings is 2. The van der Waals surface area contributed by atoms with Crippen LogP contribution in [0.4, 0.5) is 5.69 Å². The van der Waals surface area contributed by atoms with E-state index in [0.717, 1.165) is 53.5 Å². The number of likely N-dealkylation sites (N-methyl/N-ethyl adjacent to an activating group) is 1. The fraction of sp³-hybridized carbons (Fsp3) is 0.548. The van der Waals surface area contributed by atoms with Crippen molar-refractivity contribution in [2.24, 2.45) is 28.6 Å². The molecule has 83 heavy (non-hydrogen) atoms. The number of aliphatic hydroxyl groups is 4. The first-order valence-electron chi connectivity index (χ1n) is 28.1. The number of ketones is 2. The number of nitrogens with zero attached hydrogens (tertiary/aromatic N) is 1. The Kier molecular flexibility index (Phi) is 17.8. The topological polar surface area (TPSA) is 237 Å². The SMILES string of the molecule is COc1ccc(CC(C)(C)NC[C@H](O)c2cc([O-])cc3c2OCC(=O)N3)cc1.C[C@@H]1C[C@H]2[C@@H]3CCC4=CC(=O)C=C[C@]4(C)[C@@]3(Cl)[C@@H](O)C[C@]2(C)[C@@]1(O)C(=O)CCl.C[N+]1(C)[C@@H]2CC(OC(=O)C(O)(c3cccs3)c3cccs3)C[C@H]1[C@@H]1O[C@@H]12.Cl. The first kappa shape index (κ1) is 63.1. The Balaban J connectivity index is 0.000000149. The third-order valence-corrected chi connectivity index (χ3v) is 22.9. The largest absolute Gasteiger partial charge is 0.872 e. The number of esters is 1. The van der Waals surface area contributed by atoms with Crippen molar-refractivity contribution in [3.63, 3.8) is 0 Å². The molecule has 4 aliphatic carbocycles. The molecular formula is C62H76Cl3N3O13S2. The Morgan fingerprint density at radius 1 is 1.00 bits per heavy atom. The fourth-order valence-electron chi connectivity index (χ4n) is 15.3. The van der Waals surface area contributed by atoms with Crippen LogP contribution in [-0.2, 0) is 40.7 Å². The zero-order valence-corrected chi connectivity index (χ0v) is 51.9. The van der Waals surface area contributed by atoms with Crippen LogP contribution in [0.25, 0.3) is 0 Å². The van der Waals surface area contributed by atoms with E-state index in [1.54, 1.807) is 31.4 Å². The summed E-state index contributed by atoms with van der Waals surface area (Å²) in [6, 6.07) is 18.5. The molecule has 4 aliphatic heterocycles. The number of carbonyl (C=O) groups excluding carboxylic acids is 4. The molecule has 1 amide bonds. The number of anilines is 1. The summed E-state index contributed by atoms with van der Waals surface area (Å²) in [4.78, 5) is 49.5. The number of hydrogen-bond donors (Lipinski definition) is 6. The number of methoxy groups -OCH3 is 1. The third kappa shape index (κ3) is 10.9. The first-order valence-corrected chi connectivity index (χ1v) is 30.8. The number of epoxide rings is 1. The maximum atomic E-state index is 13.1. The van der Waals surface area contributed by atoms with Crippen LogP contribution in [0.5, 0.6) is 17.2 Å². The Labute approximate surface area is 509 Å². The Morgan fingerprint density at radius 2 is 1.64 bits per heavy atom. The average molecular weight is 1240 g/mol. The van der Waals surface area contributed by atoms with Gasteiger partial charge in [-0.25, -0.2) is 4.79 Å². The van der Waals surface area contributed by atoms with E-state index in [1.165, 1.54) is 34.8 Å². The quantitative estimate of drug-likeness (QED) is 0.0323. The maximum absolute atomic E-state index is 13.1. The van der Waals surface area contributed by atoms with E-state index in [0.29, 0.717) is 57.5 Å². The summed E-state index contributed by atoms with van der Waals surface area (Å²) in [5, 5.41) is 66.5. The van der Waals surface area contributed by atoms with Crippen molar-refractivity contribution < 1.29 is 68.1 Å². The second-order valence-electron chi connectivity index (χ2n) is 25.2.